The van der Waals surface area contributed by atoms with Crippen LogP contribution in [0.2, 0.25) is 5.02 Å². The Hall–Kier alpha value is -1.80. The first-order chi connectivity index (χ1) is 8.75. The van der Waals surface area contributed by atoms with E-state index >= 15 is 0 Å². The molecule has 0 aromatic heterocycles. The summed E-state index contributed by atoms with van der Waals surface area (Å²) in [4.78, 5) is 21.6. The maximum atomic E-state index is 11.6. The van der Waals surface area contributed by atoms with Gasteiger partial charge in [0, 0.05) is 0 Å². The van der Waals surface area contributed by atoms with Crippen molar-refractivity contribution in [3.63, 3.8) is 0 Å². The van der Waals surface area contributed by atoms with Crippen molar-refractivity contribution >= 4 is 39.3 Å². The number of rotatable bonds is 5. The first-order valence-electron chi connectivity index (χ1n) is 4.85. The van der Waals surface area contributed by atoms with Crippen molar-refractivity contribution in [3.05, 3.63) is 28.8 Å². The molecule has 0 aliphatic rings. The molecule has 0 amide bonds. The maximum absolute atomic E-state index is 11.6. The van der Waals surface area contributed by atoms with Gasteiger partial charge in [-0.25, -0.2) is 13.2 Å². The monoisotopic (exact) mass is 307 g/mol. The van der Waals surface area contributed by atoms with Crippen LogP contribution in [0.3, 0.4) is 0 Å². The third-order valence-electron chi connectivity index (χ3n) is 2.02. The van der Waals surface area contributed by atoms with Gasteiger partial charge in [-0.05, 0) is 18.2 Å². The first kappa shape index (κ1) is 15.3. The van der Waals surface area contributed by atoms with E-state index in [0.29, 0.717) is 0 Å². The highest BCUT2D eigenvalue weighted by atomic mass is 35.5. The summed E-state index contributed by atoms with van der Waals surface area (Å²) in [6.07, 6.45) is 0. The summed E-state index contributed by atoms with van der Waals surface area (Å²) in [5.74, 6) is -2.97. The Morgan fingerprint density at radius 1 is 1.42 bits per heavy atom. The summed E-state index contributed by atoms with van der Waals surface area (Å²) < 4.78 is 29.4. The van der Waals surface area contributed by atoms with E-state index in [1.165, 1.54) is 12.1 Å². The predicted molar refractivity (Wildman–Crippen MR) is 67.8 cm³/mol. The number of methoxy groups -OCH3 is 1. The molecule has 0 bridgehead atoms. The second kappa shape index (κ2) is 5.89. The Bertz CT molecular complexity index is 612. The number of carbonyl (C=O) groups is 2. The molecule has 0 spiro atoms. The Labute approximate surface area is 114 Å². The van der Waals surface area contributed by atoms with E-state index in [1.807, 2.05) is 0 Å². The van der Waals surface area contributed by atoms with Gasteiger partial charge in [0.25, 0.3) is 0 Å². The second-order valence-corrected chi connectivity index (χ2v) is 5.57. The Balaban J connectivity index is 2.94. The number of halogens is 1. The quantitative estimate of drug-likeness (QED) is 0.784. The highest BCUT2D eigenvalue weighted by Gasteiger charge is 2.18. The number of hydrogen-bond donors (Lipinski definition) is 2. The molecule has 0 unspecified atom stereocenters. The molecule has 1 rings (SSSR count). The third-order valence-corrected chi connectivity index (χ3v) is 3.48. The molecule has 0 aliphatic carbocycles. The first-order valence-corrected chi connectivity index (χ1v) is 6.88. The zero-order valence-corrected chi connectivity index (χ0v) is 11.3. The summed E-state index contributed by atoms with van der Waals surface area (Å²) in [7, 11) is -2.90. The van der Waals surface area contributed by atoms with E-state index in [0.717, 1.165) is 13.2 Å². The summed E-state index contributed by atoms with van der Waals surface area (Å²) in [6, 6.07) is 3.48. The largest absolute Gasteiger partial charge is 0.478 e. The van der Waals surface area contributed by atoms with Gasteiger partial charge in [0.1, 0.15) is 0 Å². The van der Waals surface area contributed by atoms with Gasteiger partial charge in [0.15, 0.2) is 5.75 Å². The van der Waals surface area contributed by atoms with E-state index < -0.39 is 27.7 Å². The van der Waals surface area contributed by atoms with Gasteiger partial charge in [-0.2, -0.15) is 0 Å². The fourth-order valence-corrected chi connectivity index (χ4v) is 2.45. The van der Waals surface area contributed by atoms with Crippen molar-refractivity contribution in [2.75, 3.05) is 17.6 Å². The van der Waals surface area contributed by atoms with E-state index in [4.69, 9.17) is 16.7 Å². The molecule has 9 heteroatoms. The highest BCUT2D eigenvalue weighted by molar-refractivity contribution is 7.93. The van der Waals surface area contributed by atoms with Crippen molar-refractivity contribution in [1.82, 2.24) is 0 Å². The number of anilines is 1. The normalized spacial score (nSPS) is 10.8. The van der Waals surface area contributed by atoms with Crippen LogP contribution in [0, 0.1) is 0 Å². The summed E-state index contributed by atoms with van der Waals surface area (Å²) in [5.41, 5.74) is -0.100. The van der Waals surface area contributed by atoms with E-state index in [-0.39, 0.29) is 16.3 Å². The number of benzene rings is 1. The van der Waals surface area contributed by atoms with Crippen LogP contribution in [0.25, 0.3) is 0 Å². The average molecular weight is 308 g/mol. The molecule has 1 aromatic rings. The average Bonchev–Trinajstić information content (AvgIpc) is 2.30. The lowest BCUT2D eigenvalue weighted by Gasteiger charge is -2.09. The molecule has 0 heterocycles. The third kappa shape index (κ3) is 4.42. The van der Waals surface area contributed by atoms with Crippen molar-refractivity contribution in [2.45, 2.75) is 0 Å². The molecule has 2 N–H and O–H groups in total. The fraction of sp³-hybridized carbons (Fsp3) is 0.200. The minimum Gasteiger partial charge on any atom is -0.478 e. The topological polar surface area (TPSA) is 110 Å². The molecule has 0 fully saturated rings. The number of carbonyl (C=O) groups excluding carboxylic acids is 1. The van der Waals surface area contributed by atoms with Crippen LogP contribution in [0.5, 0.6) is 0 Å². The van der Waals surface area contributed by atoms with Gasteiger partial charge in [-0.3, -0.25) is 9.52 Å². The Morgan fingerprint density at radius 2 is 2.05 bits per heavy atom. The van der Waals surface area contributed by atoms with Crippen LogP contribution in [0.1, 0.15) is 10.4 Å². The molecule has 104 valence electrons. The van der Waals surface area contributed by atoms with Crippen LogP contribution in [-0.4, -0.2) is 38.3 Å². The lowest BCUT2D eigenvalue weighted by molar-refractivity contribution is -0.137. The SMILES string of the molecule is COC(=O)CS(=O)(=O)Nc1ccc(C(=O)O)cc1Cl. The highest BCUT2D eigenvalue weighted by Crippen LogP contribution is 2.24. The van der Waals surface area contributed by atoms with E-state index in [1.54, 1.807) is 0 Å². The van der Waals surface area contributed by atoms with Crippen molar-refractivity contribution < 1.29 is 27.9 Å². The second-order valence-electron chi connectivity index (χ2n) is 3.44. The van der Waals surface area contributed by atoms with Crippen LogP contribution in [0.15, 0.2) is 18.2 Å². The number of hydrogen-bond acceptors (Lipinski definition) is 5. The Kier molecular flexibility index (Phi) is 4.73. The molecular weight excluding hydrogens is 298 g/mol. The van der Waals surface area contributed by atoms with Gasteiger partial charge in [0.2, 0.25) is 10.0 Å². The smallest absolute Gasteiger partial charge is 0.335 e. The summed E-state index contributed by atoms with van der Waals surface area (Å²) >= 11 is 5.74. The van der Waals surface area contributed by atoms with Gasteiger partial charge >= 0.3 is 11.9 Å². The van der Waals surface area contributed by atoms with Gasteiger partial charge in [0.05, 0.1) is 23.4 Å². The van der Waals surface area contributed by atoms with Crippen LogP contribution >= 0.6 is 11.6 Å². The summed E-state index contributed by atoms with van der Waals surface area (Å²) in [6.45, 7) is 0. The van der Waals surface area contributed by atoms with Crippen LogP contribution in [-0.2, 0) is 19.6 Å². The molecule has 7 nitrogen and oxygen atoms in total. The van der Waals surface area contributed by atoms with Crippen molar-refractivity contribution in [2.24, 2.45) is 0 Å². The minimum atomic E-state index is -3.96. The van der Waals surface area contributed by atoms with Crippen LogP contribution < -0.4 is 4.72 Å². The molecule has 1 aromatic carbocycles. The van der Waals surface area contributed by atoms with E-state index in [9.17, 15) is 18.0 Å². The van der Waals surface area contributed by atoms with Gasteiger partial charge in [-0.15, -0.1) is 0 Å². The molecular formula is C10H10ClNO6S. The molecule has 0 atom stereocenters. The van der Waals surface area contributed by atoms with Crippen molar-refractivity contribution in [1.29, 1.82) is 0 Å². The number of aromatic carboxylic acids is 1. The van der Waals surface area contributed by atoms with E-state index in [2.05, 4.69) is 9.46 Å². The molecule has 19 heavy (non-hydrogen) atoms. The molecule has 0 radical (unpaired) electrons. The Morgan fingerprint density at radius 3 is 2.53 bits per heavy atom. The standard InChI is InChI=1S/C10H10ClNO6S/c1-18-9(13)5-19(16,17)12-8-3-2-6(10(14)15)4-7(8)11/h2-4,12H,5H2,1H3,(H,14,15). The molecule has 0 saturated heterocycles. The number of ether oxygens (including phenoxy) is 1. The van der Waals surface area contributed by atoms with Gasteiger partial charge in [-0.1, -0.05) is 11.6 Å². The maximum Gasteiger partial charge on any atom is 0.335 e. The minimum absolute atomic E-state index is 0.0180. The zero-order valence-electron chi connectivity index (χ0n) is 9.71. The molecule has 0 saturated carbocycles. The number of sulfonamides is 1. The van der Waals surface area contributed by atoms with Gasteiger partial charge < -0.3 is 9.84 Å². The lowest BCUT2D eigenvalue weighted by Crippen LogP contribution is -2.23. The van der Waals surface area contributed by atoms with Crippen LogP contribution in [0.4, 0.5) is 5.69 Å². The number of carboxylic acids is 1. The lowest BCUT2D eigenvalue weighted by atomic mass is 10.2. The number of esters is 1. The number of nitrogens with one attached hydrogen (secondary N) is 1. The zero-order chi connectivity index (χ0) is 14.6. The fourth-order valence-electron chi connectivity index (χ4n) is 1.15. The predicted octanol–water partition coefficient (Wildman–Crippen LogP) is 0.953. The number of carboxylic acid groups (broad SMARTS) is 1. The molecule has 0 aliphatic heterocycles. The van der Waals surface area contributed by atoms with Crippen molar-refractivity contribution in [3.8, 4) is 0 Å². The summed E-state index contributed by atoms with van der Waals surface area (Å²) in [5, 5.41) is 8.64.